The quantitative estimate of drug-likeness (QED) is 0.270. The summed E-state index contributed by atoms with van der Waals surface area (Å²) in [5, 5.41) is 8.86. The van der Waals surface area contributed by atoms with Crippen molar-refractivity contribution in [2.24, 2.45) is 4.99 Å². The molecule has 0 unspecified atom stereocenters. The SMILES string of the molecule is CN=C(NCCNC(=O)c1ccco1)NCCOC.I. The van der Waals surface area contributed by atoms with Gasteiger partial charge in [0.25, 0.3) is 5.91 Å². The van der Waals surface area contributed by atoms with Crippen molar-refractivity contribution in [3.63, 3.8) is 0 Å². The Labute approximate surface area is 135 Å². The molecule has 0 aliphatic heterocycles. The number of hydrogen-bond donors (Lipinski definition) is 3. The van der Waals surface area contributed by atoms with Crippen molar-refractivity contribution < 1.29 is 13.9 Å². The van der Waals surface area contributed by atoms with Gasteiger partial charge in [0.05, 0.1) is 12.9 Å². The molecular weight excluding hydrogens is 375 g/mol. The summed E-state index contributed by atoms with van der Waals surface area (Å²) in [6.45, 7) is 2.33. The maximum atomic E-state index is 11.5. The Kier molecular flexibility index (Phi) is 10.8. The standard InChI is InChI=1S/C12H20N4O3.HI/c1-13-12(16-7-9-18-2)15-6-5-14-11(17)10-4-3-8-19-10;/h3-4,8H,5-7,9H2,1-2H3,(H,14,17)(H2,13,15,16);1H. The molecule has 0 radical (unpaired) electrons. The van der Waals surface area contributed by atoms with Gasteiger partial charge in [-0.25, -0.2) is 0 Å². The number of methoxy groups -OCH3 is 1. The lowest BCUT2D eigenvalue weighted by Crippen LogP contribution is -2.42. The van der Waals surface area contributed by atoms with E-state index in [-0.39, 0.29) is 29.9 Å². The first kappa shape index (κ1) is 18.7. The highest BCUT2D eigenvalue weighted by Gasteiger charge is 2.06. The molecule has 8 heteroatoms. The summed E-state index contributed by atoms with van der Waals surface area (Å²) in [4.78, 5) is 15.6. The highest BCUT2D eigenvalue weighted by Crippen LogP contribution is 1.98. The van der Waals surface area contributed by atoms with Gasteiger partial charge in [0.15, 0.2) is 11.7 Å². The van der Waals surface area contributed by atoms with E-state index in [4.69, 9.17) is 9.15 Å². The largest absolute Gasteiger partial charge is 0.459 e. The molecule has 1 aromatic heterocycles. The van der Waals surface area contributed by atoms with E-state index in [9.17, 15) is 4.79 Å². The van der Waals surface area contributed by atoms with Crippen LogP contribution in [0.3, 0.4) is 0 Å². The molecule has 1 aromatic rings. The van der Waals surface area contributed by atoms with Crippen LogP contribution in [0.1, 0.15) is 10.6 Å². The molecule has 114 valence electrons. The lowest BCUT2D eigenvalue weighted by molar-refractivity contribution is 0.0926. The van der Waals surface area contributed by atoms with Crippen LogP contribution in [0.15, 0.2) is 27.8 Å². The van der Waals surface area contributed by atoms with E-state index in [0.29, 0.717) is 38.0 Å². The number of guanidine groups is 1. The fraction of sp³-hybridized carbons (Fsp3) is 0.500. The van der Waals surface area contributed by atoms with Crippen LogP contribution in [-0.2, 0) is 4.74 Å². The number of hydrogen-bond acceptors (Lipinski definition) is 4. The lowest BCUT2D eigenvalue weighted by atomic mass is 10.4. The van der Waals surface area contributed by atoms with E-state index in [1.54, 1.807) is 26.3 Å². The van der Waals surface area contributed by atoms with Gasteiger partial charge in [-0.05, 0) is 12.1 Å². The average molecular weight is 396 g/mol. The molecule has 20 heavy (non-hydrogen) atoms. The van der Waals surface area contributed by atoms with Crippen molar-refractivity contribution in [2.45, 2.75) is 0 Å². The molecule has 7 nitrogen and oxygen atoms in total. The van der Waals surface area contributed by atoms with Gasteiger partial charge < -0.3 is 25.1 Å². The third kappa shape index (κ3) is 7.34. The molecule has 0 fully saturated rings. The van der Waals surface area contributed by atoms with Crippen molar-refractivity contribution >= 4 is 35.8 Å². The van der Waals surface area contributed by atoms with E-state index in [1.165, 1.54) is 6.26 Å². The second-order valence-electron chi connectivity index (χ2n) is 3.65. The summed E-state index contributed by atoms with van der Waals surface area (Å²) >= 11 is 0. The number of aliphatic imine (C=N–C) groups is 1. The smallest absolute Gasteiger partial charge is 0.287 e. The monoisotopic (exact) mass is 396 g/mol. The Balaban J connectivity index is 0.00000361. The van der Waals surface area contributed by atoms with Crippen LogP contribution >= 0.6 is 24.0 Å². The molecule has 0 aliphatic rings. The van der Waals surface area contributed by atoms with Crippen LogP contribution in [0.4, 0.5) is 0 Å². The summed E-state index contributed by atoms with van der Waals surface area (Å²) in [5.74, 6) is 0.751. The zero-order valence-electron chi connectivity index (χ0n) is 11.6. The van der Waals surface area contributed by atoms with Crippen LogP contribution < -0.4 is 16.0 Å². The van der Waals surface area contributed by atoms with Crippen LogP contribution in [0.25, 0.3) is 0 Å². The van der Waals surface area contributed by atoms with Gasteiger partial charge >= 0.3 is 0 Å². The molecule has 3 N–H and O–H groups in total. The fourth-order valence-electron chi connectivity index (χ4n) is 1.34. The Morgan fingerprint density at radius 2 is 2.00 bits per heavy atom. The van der Waals surface area contributed by atoms with Gasteiger partial charge in [0.2, 0.25) is 0 Å². The minimum Gasteiger partial charge on any atom is -0.459 e. The van der Waals surface area contributed by atoms with Crippen LogP contribution in [-0.4, -0.2) is 52.3 Å². The second kappa shape index (κ2) is 11.5. The molecule has 0 saturated carbocycles. The molecule has 0 aliphatic carbocycles. The summed E-state index contributed by atoms with van der Waals surface area (Å²) < 4.78 is 9.90. The van der Waals surface area contributed by atoms with Crippen molar-refractivity contribution in [1.82, 2.24) is 16.0 Å². The van der Waals surface area contributed by atoms with E-state index in [1.807, 2.05) is 0 Å². The van der Waals surface area contributed by atoms with Gasteiger partial charge in [-0.2, -0.15) is 0 Å². The summed E-state index contributed by atoms with van der Waals surface area (Å²) in [6, 6.07) is 3.29. The molecule has 0 bridgehead atoms. The Hall–Kier alpha value is -1.29. The number of rotatable bonds is 7. The molecule has 0 saturated heterocycles. The van der Waals surface area contributed by atoms with Gasteiger partial charge in [0.1, 0.15) is 0 Å². The van der Waals surface area contributed by atoms with Gasteiger partial charge in [-0.1, -0.05) is 0 Å². The zero-order valence-corrected chi connectivity index (χ0v) is 14.0. The molecule has 1 amide bonds. The first-order chi connectivity index (χ1) is 9.27. The predicted octanol–water partition coefficient (Wildman–Crippen LogP) is 0.439. The topological polar surface area (TPSA) is 87.9 Å². The fourth-order valence-corrected chi connectivity index (χ4v) is 1.34. The number of halogens is 1. The van der Waals surface area contributed by atoms with E-state index < -0.39 is 0 Å². The van der Waals surface area contributed by atoms with Crippen molar-refractivity contribution in [2.75, 3.05) is 40.4 Å². The third-order valence-corrected chi connectivity index (χ3v) is 2.27. The molecule has 0 spiro atoms. The van der Waals surface area contributed by atoms with Crippen LogP contribution in [0.5, 0.6) is 0 Å². The van der Waals surface area contributed by atoms with Crippen molar-refractivity contribution in [3.8, 4) is 0 Å². The number of furan rings is 1. The number of amides is 1. The Morgan fingerprint density at radius 3 is 2.60 bits per heavy atom. The van der Waals surface area contributed by atoms with Crippen molar-refractivity contribution in [3.05, 3.63) is 24.2 Å². The second-order valence-corrected chi connectivity index (χ2v) is 3.65. The number of ether oxygens (including phenoxy) is 1. The molecule has 0 aromatic carbocycles. The molecular formula is C12H21IN4O3. The van der Waals surface area contributed by atoms with Gasteiger partial charge in [-0.15, -0.1) is 24.0 Å². The normalized spacial score (nSPS) is 10.6. The number of carbonyl (C=O) groups is 1. The summed E-state index contributed by atoms with van der Waals surface area (Å²) in [7, 11) is 3.33. The lowest BCUT2D eigenvalue weighted by Gasteiger charge is -2.11. The Bertz CT molecular complexity index is 395. The first-order valence-electron chi connectivity index (χ1n) is 6.03. The summed E-state index contributed by atoms with van der Waals surface area (Å²) in [5.41, 5.74) is 0. The van der Waals surface area contributed by atoms with E-state index in [2.05, 4.69) is 20.9 Å². The number of nitrogens with one attached hydrogen (secondary N) is 3. The third-order valence-electron chi connectivity index (χ3n) is 2.27. The minimum atomic E-state index is -0.228. The van der Waals surface area contributed by atoms with E-state index >= 15 is 0 Å². The zero-order chi connectivity index (χ0) is 13.9. The van der Waals surface area contributed by atoms with Gasteiger partial charge in [-0.3, -0.25) is 9.79 Å². The molecule has 1 heterocycles. The van der Waals surface area contributed by atoms with Crippen LogP contribution in [0.2, 0.25) is 0 Å². The highest BCUT2D eigenvalue weighted by atomic mass is 127. The summed E-state index contributed by atoms with van der Waals surface area (Å²) in [6.07, 6.45) is 1.47. The predicted molar refractivity (Wildman–Crippen MR) is 87.7 cm³/mol. The Morgan fingerprint density at radius 1 is 1.30 bits per heavy atom. The number of nitrogens with zero attached hydrogens (tertiary/aromatic N) is 1. The maximum absolute atomic E-state index is 11.5. The minimum absolute atomic E-state index is 0. The van der Waals surface area contributed by atoms with Gasteiger partial charge in [0, 0.05) is 33.8 Å². The average Bonchev–Trinajstić information content (AvgIpc) is 2.95. The number of carbonyl (C=O) groups excluding carboxylic acids is 1. The molecule has 1 rings (SSSR count). The maximum Gasteiger partial charge on any atom is 0.287 e. The van der Waals surface area contributed by atoms with E-state index in [0.717, 1.165) is 0 Å². The first-order valence-corrected chi connectivity index (χ1v) is 6.03. The highest BCUT2D eigenvalue weighted by molar-refractivity contribution is 14.0. The van der Waals surface area contributed by atoms with Crippen molar-refractivity contribution in [1.29, 1.82) is 0 Å². The van der Waals surface area contributed by atoms with Crippen LogP contribution in [0, 0.1) is 0 Å². The molecule has 0 atom stereocenters.